The van der Waals surface area contributed by atoms with Crippen LogP contribution in [0.2, 0.25) is 0 Å². The molecule has 4 nitrogen and oxygen atoms in total. The highest BCUT2D eigenvalue weighted by Crippen LogP contribution is 2.28. The Bertz CT molecular complexity index is 1440. The van der Waals surface area contributed by atoms with Crippen molar-refractivity contribution >= 4 is 11.6 Å². The van der Waals surface area contributed by atoms with Crippen molar-refractivity contribution in [3.63, 3.8) is 0 Å². The van der Waals surface area contributed by atoms with Crippen molar-refractivity contribution in [1.82, 2.24) is 9.78 Å². The van der Waals surface area contributed by atoms with Crippen LogP contribution in [0.4, 0.5) is 10.1 Å². The molecule has 0 aliphatic carbocycles. The number of nitrogens with one attached hydrogen (secondary N) is 1. The summed E-state index contributed by atoms with van der Waals surface area (Å²) in [7, 11) is 0. The van der Waals surface area contributed by atoms with Crippen LogP contribution in [-0.4, -0.2) is 15.7 Å². The van der Waals surface area contributed by atoms with Gasteiger partial charge in [-0.25, -0.2) is 9.07 Å². The van der Waals surface area contributed by atoms with Gasteiger partial charge in [0, 0.05) is 11.3 Å². The average molecular weight is 448 g/mol. The minimum Gasteiger partial charge on any atom is -0.321 e. The summed E-state index contributed by atoms with van der Waals surface area (Å²) < 4.78 is 15.0. The fraction of sp³-hybridized carbons (Fsp3) is 0.0345. The molecule has 0 aliphatic rings. The van der Waals surface area contributed by atoms with Crippen LogP contribution in [0.15, 0.2) is 109 Å². The van der Waals surface area contributed by atoms with Gasteiger partial charge in [0.25, 0.3) is 5.91 Å². The second-order valence-electron chi connectivity index (χ2n) is 8.07. The minimum absolute atomic E-state index is 0.271. The van der Waals surface area contributed by atoms with Crippen LogP contribution in [0, 0.1) is 12.7 Å². The molecule has 1 aromatic heterocycles. The molecule has 34 heavy (non-hydrogen) atoms. The van der Waals surface area contributed by atoms with Gasteiger partial charge in [-0.05, 0) is 66.1 Å². The summed E-state index contributed by atoms with van der Waals surface area (Å²) in [6, 6.07) is 33.8. The number of hydrogen-bond acceptors (Lipinski definition) is 2. The molecular formula is C29H22FN3O. The van der Waals surface area contributed by atoms with E-state index in [9.17, 15) is 9.18 Å². The van der Waals surface area contributed by atoms with Gasteiger partial charge in [0.1, 0.15) is 5.82 Å². The van der Waals surface area contributed by atoms with E-state index in [1.54, 1.807) is 10.7 Å². The molecule has 166 valence electrons. The Morgan fingerprint density at radius 1 is 0.765 bits per heavy atom. The monoisotopic (exact) mass is 447 g/mol. The first-order chi connectivity index (χ1) is 16.6. The van der Waals surface area contributed by atoms with Crippen molar-refractivity contribution in [2.45, 2.75) is 6.92 Å². The van der Waals surface area contributed by atoms with Crippen molar-refractivity contribution in [2.24, 2.45) is 0 Å². The maximum absolute atomic E-state index is 13.2. The van der Waals surface area contributed by atoms with Gasteiger partial charge in [0.05, 0.1) is 11.4 Å². The first-order valence-electron chi connectivity index (χ1n) is 11.0. The van der Waals surface area contributed by atoms with Crippen molar-refractivity contribution in [3.05, 3.63) is 126 Å². The zero-order valence-corrected chi connectivity index (χ0v) is 18.6. The van der Waals surface area contributed by atoms with Crippen molar-refractivity contribution in [3.8, 4) is 28.1 Å². The summed E-state index contributed by atoms with van der Waals surface area (Å²) in [6.45, 7) is 2.02. The number of hydrogen-bond donors (Lipinski definition) is 1. The molecule has 0 saturated heterocycles. The van der Waals surface area contributed by atoms with Crippen LogP contribution < -0.4 is 5.32 Å². The highest BCUT2D eigenvalue weighted by Gasteiger charge is 2.17. The van der Waals surface area contributed by atoms with Gasteiger partial charge in [0.2, 0.25) is 0 Å². The molecule has 5 aromatic rings. The van der Waals surface area contributed by atoms with E-state index in [1.807, 2.05) is 61.5 Å². The fourth-order valence-corrected chi connectivity index (χ4v) is 3.85. The molecule has 1 heterocycles. The minimum atomic E-state index is -0.361. The van der Waals surface area contributed by atoms with E-state index in [1.165, 1.54) is 24.3 Å². The second-order valence-corrected chi connectivity index (χ2v) is 8.07. The third-order valence-electron chi connectivity index (χ3n) is 5.58. The number of carbonyl (C=O) groups is 1. The lowest BCUT2D eigenvalue weighted by atomic mass is 10.0. The van der Waals surface area contributed by atoms with Gasteiger partial charge < -0.3 is 5.32 Å². The maximum atomic E-state index is 13.2. The maximum Gasteiger partial charge on any atom is 0.276 e. The van der Waals surface area contributed by atoms with E-state index >= 15 is 0 Å². The molecule has 5 rings (SSSR count). The number of halogens is 1. The Hall–Kier alpha value is -4.51. The van der Waals surface area contributed by atoms with E-state index in [0.29, 0.717) is 5.69 Å². The summed E-state index contributed by atoms with van der Waals surface area (Å²) in [5.74, 6) is -0.719. The van der Waals surface area contributed by atoms with Crippen LogP contribution in [0.5, 0.6) is 0 Å². The molecule has 0 fully saturated rings. The molecule has 4 aromatic carbocycles. The van der Waals surface area contributed by atoms with Crippen LogP contribution >= 0.6 is 0 Å². The van der Waals surface area contributed by atoms with Gasteiger partial charge >= 0.3 is 0 Å². The predicted octanol–water partition coefficient (Wildman–Crippen LogP) is 6.91. The number of anilines is 1. The van der Waals surface area contributed by atoms with Gasteiger partial charge in [-0.2, -0.15) is 5.10 Å². The van der Waals surface area contributed by atoms with Crippen LogP contribution in [0.1, 0.15) is 16.1 Å². The standard InChI is InChI=1S/C29H22FN3O/c1-20-6-5-9-26(18-20)33-28(23-12-10-22(11-13-23)21-7-3-2-4-8-21)19-27(32-33)29(34)31-25-16-14-24(30)15-17-25/h2-19H,1H3,(H,31,34). The Kier molecular flexibility index (Phi) is 5.75. The zero-order chi connectivity index (χ0) is 23.5. The number of amides is 1. The molecular weight excluding hydrogens is 425 g/mol. The Morgan fingerprint density at radius 2 is 1.44 bits per heavy atom. The molecule has 0 aliphatic heterocycles. The van der Waals surface area contributed by atoms with Crippen LogP contribution in [0.25, 0.3) is 28.1 Å². The highest BCUT2D eigenvalue weighted by atomic mass is 19.1. The normalized spacial score (nSPS) is 10.8. The third-order valence-corrected chi connectivity index (χ3v) is 5.58. The first kappa shape index (κ1) is 21.3. The van der Waals surface area contributed by atoms with Gasteiger partial charge in [-0.3, -0.25) is 4.79 Å². The largest absolute Gasteiger partial charge is 0.321 e. The van der Waals surface area contributed by atoms with Crippen LogP contribution in [-0.2, 0) is 0 Å². The Balaban J connectivity index is 1.53. The summed E-state index contributed by atoms with van der Waals surface area (Å²) >= 11 is 0. The fourth-order valence-electron chi connectivity index (χ4n) is 3.85. The summed E-state index contributed by atoms with van der Waals surface area (Å²) in [4.78, 5) is 13.0. The third kappa shape index (κ3) is 4.50. The lowest BCUT2D eigenvalue weighted by Gasteiger charge is -2.09. The summed E-state index contributed by atoms with van der Waals surface area (Å²) in [6.07, 6.45) is 0. The number of carbonyl (C=O) groups excluding carboxylic acids is 1. The molecule has 0 unspecified atom stereocenters. The van der Waals surface area contributed by atoms with Crippen molar-refractivity contribution in [2.75, 3.05) is 5.32 Å². The van der Waals surface area contributed by atoms with Crippen LogP contribution in [0.3, 0.4) is 0 Å². The van der Waals surface area contributed by atoms with E-state index in [0.717, 1.165) is 33.6 Å². The average Bonchev–Trinajstić information content (AvgIpc) is 3.32. The molecule has 0 spiro atoms. The van der Waals surface area contributed by atoms with E-state index in [-0.39, 0.29) is 17.4 Å². The smallest absolute Gasteiger partial charge is 0.276 e. The number of nitrogens with zero attached hydrogens (tertiary/aromatic N) is 2. The molecule has 0 atom stereocenters. The van der Waals surface area contributed by atoms with Gasteiger partial charge in [0.15, 0.2) is 5.69 Å². The van der Waals surface area contributed by atoms with E-state index in [2.05, 4.69) is 34.7 Å². The summed E-state index contributed by atoms with van der Waals surface area (Å²) in [5, 5.41) is 7.41. The first-order valence-corrected chi connectivity index (χ1v) is 11.0. The van der Waals surface area contributed by atoms with Crippen molar-refractivity contribution < 1.29 is 9.18 Å². The topological polar surface area (TPSA) is 46.9 Å². The SMILES string of the molecule is Cc1cccc(-n2nc(C(=O)Nc3ccc(F)cc3)cc2-c2ccc(-c3ccccc3)cc2)c1. The van der Waals surface area contributed by atoms with E-state index < -0.39 is 0 Å². The molecule has 0 saturated carbocycles. The lowest BCUT2D eigenvalue weighted by Crippen LogP contribution is -2.13. The number of benzene rings is 4. The molecule has 1 amide bonds. The number of aromatic nitrogens is 2. The molecule has 0 bridgehead atoms. The van der Waals surface area contributed by atoms with Gasteiger partial charge in [-0.1, -0.05) is 66.7 Å². The number of rotatable bonds is 5. The molecule has 0 radical (unpaired) electrons. The predicted molar refractivity (Wildman–Crippen MR) is 134 cm³/mol. The summed E-state index contributed by atoms with van der Waals surface area (Å²) in [5.41, 5.74) is 6.72. The van der Waals surface area contributed by atoms with Crippen molar-refractivity contribution in [1.29, 1.82) is 0 Å². The van der Waals surface area contributed by atoms with Gasteiger partial charge in [-0.15, -0.1) is 0 Å². The Morgan fingerprint density at radius 3 is 2.15 bits per heavy atom. The molecule has 1 N–H and O–H groups in total. The molecule has 5 heteroatoms. The highest BCUT2D eigenvalue weighted by molar-refractivity contribution is 6.03. The quantitative estimate of drug-likeness (QED) is 0.318. The Labute approximate surface area is 197 Å². The zero-order valence-electron chi connectivity index (χ0n) is 18.6. The second kappa shape index (κ2) is 9.16. The lowest BCUT2D eigenvalue weighted by molar-refractivity contribution is 0.102. The number of aryl methyl sites for hydroxylation is 1. The van der Waals surface area contributed by atoms with E-state index in [4.69, 9.17) is 0 Å².